The van der Waals surface area contributed by atoms with Crippen molar-refractivity contribution in [2.45, 2.75) is 32.1 Å². The number of aryl methyl sites for hydroxylation is 1. The fourth-order valence-electron chi connectivity index (χ4n) is 3.32. The van der Waals surface area contributed by atoms with E-state index in [1.54, 1.807) is 16.2 Å². The van der Waals surface area contributed by atoms with Crippen molar-refractivity contribution in [2.75, 3.05) is 18.8 Å². The van der Waals surface area contributed by atoms with Gasteiger partial charge in [-0.3, -0.25) is 4.79 Å². The van der Waals surface area contributed by atoms with Gasteiger partial charge in [-0.1, -0.05) is 0 Å². The Labute approximate surface area is 129 Å². The Morgan fingerprint density at radius 1 is 1.38 bits per heavy atom. The van der Waals surface area contributed by atoms with Crippen molar-refractivity contribution in [1.29, 1.82) is 0 Å². The Hall–Kier alpha value is -0.920. The van der Waals surface area contributed by atoms with Crippen molar-refractivity contribution in [3.8, 4) is 0 Å². The second kappa shape index (κ2) is 5.70. The Kier molecular flexibility index (Phi) is 4.07. The van der Waals surface area contributed by atoms with E-state index in [2.05, 4.69) is 5.38 Å². The van der Waals surface area contributed by atoms with E-state index in [0.29, 0.717) is 13.1 Å². The van der Waals surface area contributed by atoms with Crippen molar-refractivity contribution < 1.29 is 13.2 Å². The van der Waals surface area contributed by atoms with Crippen LogP contribution in [0.15, 0.2) is 5.38 Å². The maximum absolute atomic E-state index is 12.6. The van der Waals surface area contributed by atoms with E-state index < -0.39 is 10.0 Å². The minimum absolute atomic E-state index is 0.0280. The highest BCUT2D eigenvalue weighted by molar-refractivity contribution is 7.89. The molecule has 0 saturated carbocycles. The number of carbonyl (C=O) groups is 1. The molecule has 1 atom stereocenters. The predicted octanol–water partition coefficient (Wildman–Crippen LogP) is 1.38. The molecule has 2 aliphatic rings. The van der Waals surface area contributed by atoms with Crippen molar-refractivity contribution in [3.05, 3.63) is 21.4 Å². The van der Waals surface area contributed by atoms with E-state index >= 15 is 0 Å². The molecule has 21 heavy (non-hydrogen) atoms. The van der Waals surface area contributed by atoms with Gasteiger partial charge in [-0.2, -0.15) is 0 Å². The first kappa shape index (κ1) is 15.0. The monoisotopic (exact) mass is 328 g/mol. The first-order valence-electron chi connectivity index (χ1n) is 7.33. The van der Waals surface area contributed by atoms with Gasteiger partial charge in [-0.25, -0.2) is 13.6 Å². The smallest absolute Gasteiger partial charge is 0.264 e. The van der Waals surface area contributed by atoms with E-state index in [0.717, 1.165) is 30.6 Å². The maximum atomic E-state index is 12.6. The van der Waals surface area contributed by atoms with Gasteiger partial charge in [-0.15, -0.1) is 11.3 Å². The molecule has 0 spiro atoms. The third-order valence-corrected chi connectivity index (χ3v) is 6.33. The fourth-order valence-corrected chi connectivity index (χ4v) is 5.38. The molecule has 1 saturated heterocycles. The summed E-state index contributed by atoms with van der Waals surface area (Å²) in [5.41, 5.74) is 2.56. The minimum atomic E-state index is -3.46. The number of carbonyl (C=O) groups excluding carboxylic acids is 1. The van der Waals surface area contributed by atoms with Crippen LogP contribution in [-0.4, -0.2) is 38.1 Å². The largest absolute Gasteiger partial charge is 0.338 e. The average molecular weight is 328 g/mol. The zero-order valence-corrected chi connectivity index (χ0v) is 13.5. The molecular formula is C14H20N2O3S2. The molecule has 116 valence electrons. The molecule has 5 nitrogen and oxygen atoms in total. The number of nitrogens with zero attached hydrogens (tertiary/aromatic N) is 1. The van der Waals surface area contributed by atoms with E-state index in [-0.39, 0.29) is 17.6 Å². The van der Waals surface area contributed by atoms with Gasteiger partial charge in [0.05, 0.1) is 10.6 Å². The van der Waals surface area contributed by atoms with Crippen molar-refractivity contribution >= 4 is 27.3 Å². The molecule has 1 aromatic rings. The van der Waals surface area contributed by atoms with Gasteiger partial charge in [0.25, 0.3) is 5.91 Å². The van der Waals surface area contributed by atoms with Gasteiger partial charge in [0.15, 0.2) is 0 Å². The molecule has 7 heteroatoms. The van der Waals surface area contributed by atoms with E-state index in [1.807, 2.05) is 0 Å². The molecule has 0 aromatic carbocycles. The van der Waals surface area contributed by atoms with Crippen LogP contribution >= 0.6 is 11.3 Å². The summed E-state index contributed by atoms with van der Waals surface area (Å²) in [6.45, 7) is 1.13. The van der Waals surface area contributed by atoms with Crippen molar-refractivity contribution in [2.24, 2.45) is 11.1 Å². The average Bonchev–Trinajstić information content (AvgIpc) is 3.02. The van der Waals surface area contributed by atoms with Gasteiger partial charge in [0.2, 0.25) is 10.0 Å². The second-order valence-corrected chi connectivity index (χ2v) is 8.55. The lowest BCUT2D eigenvalue weighted by Crippen LogP contribution is -2.31. The third kappa shape index (κ3) is 3.30. The number of fused-ring (bicyclic) bond motifs is 1. The van der Waals surface area contributed by atoms with Gasteiger partial charge in [0.1, 0.15) is 0 Å². The van der Waals surface area contributed by atoms with Crippen molar-refractivity contribution in [3.63, 3.8) is 0 Å². The minimum Gasteiger partial charge on any atom is -0.338 e. The number of rotatable bonds is 3. The number of likely N-dealkylation sites (tertiary alicyclic amines) is 1. The SMILES string of the molecule is NS(=O)(=O)CC1CCN(C(=O)c2scc3c2CCCC3)C1. The highest BCUT2D eigenvalue weighted by Crippen LogP contribution is 2.32. The molecule has 1 aliphatic heterocycles. The number of primary sulfonamides is 1. The highest BCUT2D eigenvalue weighted by Gasteiger charge is 2.31. The second-order valence-electron chi connectivity index (χ2n) is 6.01. The van der Waals surface area contributed by atoms with Gasteiger partial charge < -0.3 is 4.90 Å². The van der Waals surface area contributed by atoms with Crippen LogP contribution in [0.1, 0.15) is 40.1 Å². The van der Waals surface area contributed by atoms with Gasteiger partial charge in [-0.05, 0) is 54.5 Å². The van der Waals surface area contributed by atoms with Crippen LogP contribution in [0.3, 0.4) is 0 Å². The number of thiophene rings is 1. The Bertz CT molecular complexity index is 651. The van der Waals surface area contributed by atoms with Crippen LogP contribution in [0.5, 0.6) is 0 Å². The first-order chi connectivity index (χ1) is 9.94. The molecule has 1 fully saturated rings. The predicted molar refractivity (Wildman–Crippen MR) is 82.9 cm³/mol. The fraction of sp³-hybridized carbons (Fsp3) is 0.643. The molecule has 0 radical (unpaired) electrons. The third-order valence-electron chi connectivity index (χ3n) is 4.34. The molecule has 1 aromatic heterocycles. The van der Waals surface area contributed by atoms with Gasteiger partial charge in [0, 0.05) is 13.1 Å². The quantitative estimate of drug-likeness (QED) is 0.910. The Balaban J connectivity index is 1.71. The molecule has 1 unspecified atom stereocenters. The number of hydrogen-bond donors (Lipinski definition) is 1. The van der Waals surface area contributed by atoms with E-state index in [4.69, 9.17) is 5.14 Å². The summed E-state index contributed by atoms with van der Waals surface area (Å²) >= 11 is 1.54. The first-order valence-corrected chi connectivity index (χ1v) is 9.92. The molecular weight excluding hydrogens is 308 g/mol. The van der Waals surface area contributed by atoms with Crippen molar-refractivity contribution in [1.82, 2.24) is 4.90 Å². The number of sulfonamides is 1. The van der Waals surface area contributed by atoms with E-state index in [1.165, 1.54) is 17.5 Å². The lowest BCUT2D eigenvalue weighted by molar-refractivity contribution is 0.0791. The summed E-state index contributed by atoms with van der Waals surface area (Å²) < 4.78 is 22.3. The van der Waals surface area contributed by atoms with Crippen LogP contribution in [-0.2, 0) is 22.9 Å². The summed E-state index contributed by atoms with van der Waals surface area (Å²) in [5.74, 6) is 0.0130. The molecule has 3 rings (SSSR count). The lowest BCUT2D eigenvalue weighted by Gasteiger charge is -2.18. The maximum Gasteiger partial charge on any atom is 0.264 e. The Morgan fingerprint density at radius 2 is 2.14 bits per heavy atom. The zero-order chi connectivity index (χ0) is 15.0. The highest BCUT2D eigenvalue weighted by atomic mass is 32.2. The standard InChI is InChI=1S/C14H20N2O3S2/c15-21(18,19)9-10-5-6-16(7-10)14(17)13-12-4-2-1-3-11(12)8-20-13/h8,10H,1-7,9H2,(H2,15,18,19). The van der Waals surface area contributed by atoms with Gasteiger partial charge >= 0.3 is 0 Å². The summed E-state index contributed by atoms with van der Waals surface area (Å²) in [6, 6.07) is 0. The normalized spacial score (nSPS) is 22.3. The topological polar surface area (TPSA) is 80.5 Å². The van der Waals surface area contributed by atoms with Crippen LogP contribution in [0.25, 0.3) is 0 Å². The molecule has 2 heterocycles. The lowest BCUT2D eigenvalue weighted by atomic mass is 9.94. The van der Waals surface area contributed by atoms with E-state index in [9.17, 15) is 13.2 Å². The van der Waals surface area contributed by atoms with Crippen LogP contribution in [0.2, 0.25) is 0 Å². The number of hydrogen-bond acceptors (Lipinski definition) is 4. The molecule has 0 bridgehead atoms. The molecule has 1 aliphatic carbocycles. The molecule has 2 N–H and O–H groups in total. The van der Waals surface area contributed by atoms with Crippen LogP contribution in [0.4, 0.5) is 0 Å². The zero-order valence-electron chi connectivity index (χ0n) is 11.9. The summed E-state index contributed by atoms with van der Waals surface area (Å²) in [7, 11) is -3.46. The number of amides is 1. The van der Waals surface area contributed by atoms with Crippen LogP contribution in [0, 0.1) is 5.92 Å². The number of nitrogens with two attached hydrogens (primary N) is 1. The summed E-state index contributed by atoms with van der Waals surface area (Å²) in [5, 5.41) is 7.20. The van der Waals surface area contributed by atoms with Crippen LogP contribution < -0.4 is 5.14 Å². The molecule has 1 amide bonds. The summed E-state index contributed by atoms with van der Waals surface area (Å²) in [4.78, 5) is 15.3. The Morgan fingerprint density at radius 3 is 2.90 bits per heavy atom. The summed E-state index contributed by atoms with van der Waals surface area (Å²) in [6.07, 6.45) is 5.15.